The molecule has 1 amide bonds. The number of nitrogens with zero attached hydrogens (tertiary/aromatic N) is 1. The molecule has 4 bridgehead atoms. The first kappa shape index (κ1) is 12.0. The SMILES string of the molecule is NCC(N1CCOC1=O)C12CC3CC(CC(C3)C1)C2. The van der Waals surface area contributed by atoms with Gasteiger partial charge in [-0.15, -0.1) is 0 Å². The van der Waals surface area contributed by atoms with E-state index in [4.69, 9.17) is 10.5 Å². The quantitative estimate of drug-likeness (QED) is 0.848. The maximum absolute atomic E-state index is 11.9. The lowest BCUT2D eigenvalue weighted by Gasteiger charge is -2.60. The van der Waals surface area contributed by atoms with Crippen LogP contribution in [0.5, 0.6) is 0 Å². The lowest BCUT2D eigenvalue weighted by atomic mass is 9.47. The van der Waals surface area contributed by atoms with Gasteiger partial charge in [0, 0.05) is 6.54 Å². The predicted octanol–water partition coefficient (Wildman–Crippen LogP) is 1.98. The predicted molar refractivity (Wildman–Crippen MR) is 71.5 cm³/mol. The smallest absolute Gasteiger partial charge is 0.410 e. The first-order chi connectivity index (χ1) is 9.20. The molecule has 5 aliphatic rings. The monoisotopic (exact) mass is 264 g/mol. The molecular weight excluding hydrogens is 240 g/mol. The zero-order valence-electron chi connectivity index (χ0n) is 11.5. The van der Waals surface area contributed by atoms with Gasteiger partial charge in [0.05, 0.1) is 12.6 Å². The maximum Gasteiger partial charge on any atom is 0.410 e. The Morgan fingerprint density at radius 1 is 1.21 bits per heavy atom. The van der Waals surface area contributed by atoms with Crippen LogP contribution >= 0.6 is 0 Å². The first-order valence-corrected chi connectivity index (χ1v) is 7.84. The summed E-state index contributed by atoms with van der Waals surface area (Å²) >= 11 is 0. The van der Waals surface area contributed by atoms with E-state index in [1.165, 1.54) is 38.5 Å². The molecule has 106 valence electrons. The van der Waals surface area contributed by atoms with Crippen LogP contribution in [0.25, 0.3) is 0 Å². The van der Waals surface area contributed by atoms with Gasteiger partial charge >= 0.3 is 6.09 Å². The minimum atomic E-state index is -0.133. The fraction of sp³-hybridized carbons (Fsp3) is 0.933. The normalized spacial score (nSPS) is 45.6. The average molecular weight is 264 g/mol. The second kappa shape index (κ2) is 4.11. The van der Waals surface area contributed by atoms with Crippen molar-refractivity contribution in [1.82, 2.24) is 4.90 Å². The Morgan fingerprint density at radius 3 is 2.21 bits per heavy atom. The number of carbonyl (C=O) groups is 1. The highest BCUT2D eigenvalue weighted by molar-refractivity contribution is 5.70. The van der Waals surface area contributed by atoms with Crippen LogP contribution < -0.4 is 5.73 Å². The number of hydrogen-bond acceptors (Lipinski definition) is 3. The van der Waals surface area contributed by atoms with Gasteiger partial charge in [-0.2, -0.15) is 0 Å². The van der Waals surface area contributed by atoms with E-state index in [0.717, 1.165) is 24.3 Å². The summed E-state index contributed by atoms with van der Waals surface area (Å²) in [4.78, 5) is 13.9. The largest absolute Gasteiger partial charge is 0.448 e. The molecule has 2 N–H and O–H groups in total. The van der Waals surface area contributed by atoms with Gasteiger partial charge in [0.15, 0.2) is 0 Å². The number of ether oxygens (including phenoxy) is 1. The van der Waals surface area contributed by atoms with Gasteiger partial charge in [-0.25, -0.2) is 4.79 Å². The van der Waals surface area contributed by atoms with Crippen LogP contribution in [0.3, 0.4) is 0 Å². The van der Waals surface area contributed by atoms with E-state index in [1.807, 2.05) is 4.90 Å². The first-order valence-electron chi connectivity index (χ1n) is 7.84. The molecule has 0 spiro atoms. The minimum absolute atomic E-state index is 0.133. The van der Waals surface area contributed by atoms with Crippen LogP contribution in [0.4, 0.5) is 4.79 Å². The van der Waals surface area contributed by atoms with Gasteiger partial charge in [0.25, 0.3) is 0 Å². The van der Waals surface area contributed by atoms with Gasteiger partial charge in [-0.05, 0) is 61.7 Å². The molecule has 5 fully saturated rings. The minimum Gasteiger partial charge on any atom is -0.448 e. The molecule has 1 unspecified atom stereocenters. The topological polar surface area (TPSA) is 55.6 Å². The maximum atomic E-state index is 11.9. The summed E-state index contributed by atoms with van der Waals surface area (Å²) in [5.74, 6) is 2.71. The van der Waals surface area contributed by atoms with Crippen molar-refractivity contribution in [2.45, 2.75) is 44.6 Å². The van der Waals surface area contributed by atoms with E-state index < -0.39 is 0 Å². The van der Waals surface area contributed by atoms with Crippen molar-refractivity contribution in [3.05, 3.63) is 0 Å². The van der Waals surface area contributed by atoms with Crippen LogP contribution in [0.2, 0.25) is 0 Å². The third-order valence-electron chi connectivity index (χ3n) is 6.18. The van der Waals surface area contributed by atoms with E-state index in [0.29, 0.717) is 18.6 Å². The van der Waals surface area contributed by atoms with Crippen molar-refractivity contribution in [3.63, 3.8) is 0 Å². The Hall–Kier alpha value is -0.770. The van der Waals surface area contributed by atoms with E-state index in [9.17, 15) is 4.79 Å². The van der Waals surface area contributed by atoms with E-state index in [1.54, 1.807) is 0 Å². The molecule has 0 aromatic heterocycles. The summed E-state index contributed by atoms with van der Waals surface area (Å²) < 4.78 is 5.14. The van der Waals surface area contributed by atoms with Gasteiger partial charge in [-0.3, -0.25) is 4.90 Å². The summed E-state index contributed by atoms with van der Waals surface area (Å²) in [6.45, 7) is 1.88. The van der Waals surface area contributed by atoms with Crippen molar-refractivity contribution >= 4 is 6.09 Å². The van der Waals surface area contributed by atoms with Gasteiger partial charge in [0.1, 0.15) is 6.61 Å². The average Bonchev–Trinajstić information content (AvgIpc) is 2.74. The number of cyclic esters (lactones) is 1. The molecule has 1 atom stereocenters. The molecule has 0 aromatic carbocycles. The summed E-state index contributed by atoms with van der Waals surface area (Å²) in [5, 5.41) is 0. The molecule has 5 rings (SSSR count). The number of hydrogen-bond donors (Lipinski definition) is 1. The third kappa shape index (κ3) is 1.72. The van der Waals surface area contributed by atoms with E-state index in [2.05, 4.69) is 0 Å². The van der Waals surface area contributed by atoms with Gasteiger partial charge < -0.3 is 10.5 Å². The Labute approximate surface area is 114 Å². The Morgan fingerprint density at radius 2 is 1.79 bits per heavy atom. The van der Waals surface area contributed by atoms with Crippen molar-refractivity contribution in [1.29, 1.82) is 0 Å². The van der Waals surface area contributed by atoms with Crippen molar-refractivity contribution in [2.24, 2.45) is 28.9 Å². The van der Waals surface area contributed by atoms with Crippen molar-refractivity contribution in [3.8, 4) is 0 Å². The Kier molecular flexibility index (Phi) is 2.60. The number of rotatable bonds is 3. The van der Waals surface area contributed by atoms with Crippen LogP contribution in [0, 0.1) is 23.2 Å². The molecule has 4 nitrogen and oxygen atoms in total. The van der Waals surface area contributed by atoms with Crippen LogP contribution in [0.15, 0.2) is 0 Å². The summed E-state index contributed by atoms with van der Waals surface area (Å²) in [6, 6.07) is 0.218. The molecule has 1 heterocycles. The van der Waals surface area contributed by atoms with E-state index >= 15 is 0 Å². The second-order valence-electron chi connectivity index (χ2n) is 7.34. The highest BCUT2D eigenvalue weighted by atomic mass is 16.6. The van der Waals surface area contributed by atoms with Crippen molar-refractivity contribution in [2.75, 3.05) is 19.7 Å². The molecule has 4 saturated carbocycles. The summed E-state index contributed by atoms with van der Waals surface area (Å²) in [7, 11) is 0. The Balaban J connectivity index is 1.64. The fourth-order valence-corrected chi connectivity index (χ4v) is 5.98. The standard InChI is InChI=1S/C15H24N2O2/c16-9-13(17-1-2-19-14(17)18)15-6-10-3-11(7-15)5-12(4-10)8-15/h10-13H,1-9,16H2. The third-order valence-corrected chi connectivity index (χ3v) is 6.18. The zero-order chi connectivity index (χ0) is 13.0. The number of nitrogens with two attached hydrogens (primary N) is 1. The molecule has 4 aliphatic carbocycles. The molecule has 1 saturated heterocycles. The van der Waals surface area contributed by atoms with E-state index in [-0.39, 0.29) is 12.1 Å². The van der Waals surface area contributed by atoms with Crippen molar-refractivity contribution < 1.29 is 9.53 Å². The molecular formula is C15H24N2O2. The molecule has 1 aliphatic heterocycles. The lowest BCUT2D eigenvalue weighted by molar-refractivity contribution is -0.0892. The van der Waals surface area contributed by atoms with Crippen LogP contribution in [-0.2, 0) is 4.74 Å². The fourth-order valence-electron chi connectivity index (χ4n) is 5.98. The molecule has 0 aromatic rings. The molecule has 4 heteroatoms. The summed E-state index contributed by atoms with van der Waals surface area (Å²) in [6.07, 6.45) is 8.05. The zero-order valence-corrected chi connectivity index (χ0v) is 11.5. The molecule has 0 radical (unpaired) electrons. The number of carbonyl (C=O) groups excluding carboxylic acids is 1. The lowest BCUT2D eigenvalue weighted by Crippen LogP contribution is -2.59. The van der Waals surface area contributed by atoms with Crippen LogP contribution in [-0.4, -0.2) is 36.7 Å². The Bertz CT molecular complexity index is 360. The summed E-state index contributed by atoms with van der Waals surface area (Å²) in [5.41, 5.74) is 6.40. The highest BCUT2D eigenvalue weighted by Crippen LogP contribution is 2.61. The van der Waals surface area contributed by atoms with Gasteiger partial charge in [0.2, 0.25) is 0 Å². The van der Waals surface area contributed by atoms with Crippen LogP contribution in [0.1, 0.15) is 38.5 Å². The number of amides is 1. The molecule has 19 heavy (non-hydrogen) atoms. The highest BCUT2D eigenvalue weighted by Gasteiger charge is 2.56. The second-order valence-corrected chi connectivity index (χ2v) is 7.34. The van der Waals surface area contributed by atoms with Gasteiger partial charge in [-0.1, -0.05) is 0 Å².